The highest BCUT2D eigenvalue weighted by Crippen LogP contribution is 2.31. The molecule has 4 nitrogen and oxygen atoms in total. The fourth-order valence-corrected chi connectivity index (χ4v) is 3.44. The molecule has 0 unspecified atom stereocenters. The summed E-state index contributed by atoms with van der Waals surface area (Å²) in [6.07, 6.45) is 1.75. The van der Waals surface area contributed by atoms with Crippen molar-refractivity contribution in [2.75, 3.05) is 5.32 Å². The van der Waals surface area contributed by atoms with Crippen LogP contribution in [0.5, 0.6) is 0 Å². The lowest BCUT2D eigenvalue weighted by atomic mass is 10.2. The van der Waals surface area contributed by atoms with E-state index < -0.39 is 0 Å². The first-order chi connectivity index (χ1) is 11.7. The largest absolute Gasteiger partial charge is 0.436 e. The lowest BCUT2D eigenvalue weighted by Gasteiger charge is -2.08. The van der Waals surface area contributed by atoms with E-state index in [9.17, 15) is 0 Å². The number of nitrogens with zero attached hydrogens (tertiary/aromatic N) is 2. The van der Waals surface area contributed by atoms with Gasteiger partial charge >= 0.3 is 0 Å². The molecule has 7 heteroatoms. The molecule has 2 heterocycles. The molecule has 0 saturated carbocycles. The van der Waals surface area contributed by atoms with Crippen LogP contribution < -0.4 is 5.32 Å². The van der Waals surface area contributed by atoms with E-state index in [1.165, 1.54) is 11.3 Å². The number of rotatable bonds is 4. The number of hydrogen-bond acceptors (Lipinski definition) is 5. The fourth-order valence-electron chi connectivity index (χ4n) is 2.34. The summed E-state index contributed by atoms with van der Waals surface area (Å²) >= 11 is 13.6. The van der Waals surface area contributed by atoms with E-state index in [1.54, 1.807) is 6.20 Å². The Balaban J connectivity index is 1.62. The van der Waals surface area contributed by atoms with Crippen molar-refractivity contribution in [3.05, 3.63) is 63.0 Å². The summed E-state index contributed by atoms with van der Waals surface area (Å²) in [6.45, 7) is 0.598. The van der Waals surface area contributed by atoms with Crippen LogP contribution in [0, 0.1) is 0 Å². The number of anilines is 1. The van der Waals surface area contributed by atoms with Crippen LogP contribution in [-0.2, 0) is 6.54 Å². The zero-order chi connectivity index (χ0) is 16.5. The van der Waals surface area contributed by atoms with Crippen LogP contribution in [0.4, 0.5) is 5.69 Å². The lowest BCUT2D eigenvalue weighted by Crippen LogP contribution is -1.98. The normalized spacial score (nSPS) is 11.1. The number of para-hydroxylation sites is 2. The molecule has 0 aliphatic rings. The minimum atomic E-state index is 0.526. The quantitative estimate of drug-likeness (QED) is 0.484. The zero-order valence-corrected chi connectivity index (χ0v) is 14.6. The van der Waals surface area contributed by atoms with Gasteiger partial charge in [-0.25, -0.2) is 9.97 Å². The number of oxazole rings is 1. The molecule has 0 amide bonds. The summed E-state index contributed by atoms with van der Waals surface area (Å²) in [5, 5.41) is 3.93. The third-order valence-electron chi connectivity index (χ3n) is 3.49. The number of hydrogen-bond donors (Lipinski definition) is 1. The molecule has 120 valence electrons. The average molecular weight is 376 g/mol. The molecular formula is C17H11Cl2N3OS. The van der Waals surface area contributed by atoms with Crippen LogP contribution in [0.15, 0.2) is 53.1 Å². The Bertz CT molecular complexity index is 979. The van der Waals surface area contributed by atoms with Gasteiger partial charge in [-0.2, -0.15) is 0 Å². The van der Waals surface area contributed by atoms with Gasteiger partial charge in [-0.1, -0.05) is 35.3 Å². The molecule has 4 aromatic rings. The summed E-state index contributed by atoms with van der Waals surface area (Å²) < 4.78 is 6.33. The second-order valence-electron chi connectivity index (χ2n) is 5.11. The molecule has 0 spiro atoms. The van der Waals surface area contributed by atoms with Crippen LogP contribution in [0.3, 0.4) is 0 Å². The molecule has 2 aromatic carbocycles. The Morgan fingerprint density at radius 1 is 1.12 bits per heavy atom. The molecular weight excluding hydrogens is 365 g/mol. The van der Waals surface area contributed by atoms with Crippen LogP contribution in [0.25, 0.3) is 22.6 Å². The molecule has 0 aliphatic carbocycles. The molecule has 0 radical (unpaired) electrons. The molecule has 0 saturated heterocycles. The first-order valence-electron chi connectivity index (χ1n) is 7.18. The van der Waals surface area contributed by atoms with Crippen molar-refractivity contribution >= 4 is 51.3 Å². The van der Waals surface area contributed by atoms with Gasteiger partial charge in [0.1, 0.15) is 5.52 Å². The third-order valence-corrected chi connectivity index (χ3v) is 4.93. The number of thiazole rings is 1. The Morgan fingerprint density at radius 2 is 2.00 bits per heavy atom. The van der Waals surface area contributed by atoms with E-state index in [2.05, 4.69) is 15.3 Å². The monoisotopic (exact) mass is 375 g/mol. The zero-order valence-electron chi connectivity index (χ0n) is 12.3. The highest BCUT2D eigenvalue weighted by atomic mass is 35.5. The van der Waals surface area contributed by atoms with E-state index >= 15 is 0 Å². The predicted molar refractivity (Wildman–Crippen MR) is 98.9 cm³/mol. The molecule has 0 aliphatic heterocycles. The van der Waals surface area contributed by atoms with Crippen molar-refractivity contribution in [3.8, 4) is 11.5 Å². The molecule has 24 heavy (non-hydrogen) atoms. The van der Waals surface area contributed by atoms with Crippen LogP contribution in [0.2, 0.25) is 9.49 Å². The first kappa shape index (κ1) is 15.4. The standard InChI is InChI=1S/C17H11Cl2N3OS/c18-12-6-5-10(16-22-13-3-1-2-4-15(13)23-16)7-14(12)20-8-11-9-21-17(19)24-11/h1-7,9,20H,8H2. The van der Waals surface area contributed by atoms with Crippen LogP contribution in [0.1, 0.15) is 4.88 Å². The maximum atomic E-state index is 6.28. The Labute approximate surface area is 152 Å². The minimum absolute atomic E-state index is 0.526. The number of halogens is 2. The van der Waals surface area contributed by atoms with Gasteiger partial charge in [0.2, 0.25) is 5.89 Å². The summed E-state index contributed by atoms with van der Waals surface area (Å²) in [5.74, 6) is 0.566. The van der Waals surface area contributed by atoms with Crippen molar-refractivity contribution in [1.29, 1.82) is 0 Å². The summed E-state index contributed by atoms with van der Waals surface area (Å²) in [5.41, 5.74) is 3.26. The minimum Gasteiger partial charge on any atom is -0.436 e. The van der Waals surface area contributed by atoms with Crippen molar-refractivity contribution in [2.45, 2.75) is 6.54 Å². The van der Waals surface area contributed by atoms with Gasteiger partial charge in [0.05, 0.1) is 17.3 Å². The van der Waals surface area contributed by atoms with Crippen molar-refractivity contribution in [2.24, 2.45) is 0 Å². The second kappa shape index (κ2) is 6.43. The van der Waals surface area contributed by atoms with Gasteiger partial charge in [-0.3, -0.25) is 0 Å². The van der Waals surface area contributed by atoms with E-state index in [0.717, 1.165) is 27.2 Å². The number of nitrogens with one attached hydrogen (secondary N) is 1. The summed E-state index contributed by atoms with van der Waals surface area (Å²) in [4.78, 5) is 9.57. The highest BCUT2D eigenvalue weighted by molar-refractivity contribution is 7.15. The van der Waals surface area contributed by atoms with Crippen LogP contribution >= 0.6 is 34.5 Å². The maximum Gasteiger partial charge on any atom is 0.227 e. The number of benzene rings is 2. The lowest BCUT2D eigenvalue weighted by molar-refractivity contribution is 0.620. The van der Waals surface area contributed by atoms with Gasteiger partial charge in [-0.05, 0) is 30.3 Å². The molecule has 2 aromatic heterocycles. The van der Waals surface area contributed by atoms with Crippen molar-refractivity contribution in [1.82, 2.24) is 9.97 Å². The molecule has 1 N–H and O–H groups in total. The van der Waals surface area contributed by atoms with E-state index in [4.69, 9.17) is 27.6 Å². The van der Waals surface area contributed by atoms with E-state index in [1.807, 2.05) is 42.5 Å². The Kier molecular flexibility index (Phi) is 4.14. The first-order valence-corrected chi connectivity index (χ1v) is 8.76. The SMILES string of the molecule is Clc1ncc(CNc2cc(-c3nc4ccccc4o3)ccc2Cl)s1. The highest BCUT2D eigenvalue weighted by Gasteiger charge is 2.10. The van der Waals surface area contributed by atoms with Crippen molar-refractivity contribution < 1.29 is 4.42 Å². The van der Waals surface area contributed by atoms with E-state index in [-0.39, 0.29) is 0 Å². The number of aromatic nitrogens is 2. The molecule has 0 bridgehead atoms. The summed E-state index contributed by atoms with van der Waals surface area (Å²) in [7, 11) is 0. The predicted octanol–water partition coefficient (Wildman–Crippen LogP) is 5.87. The second-order valence-corrected chi connectivity index (χ2v) is 7.22. The Hall–Kier alpha value is -2.08. The smallest absolute Gasteiger partial charge is 0.227 e. The fraction of sp³-hybridized carbons (Fsp3) is 0.0588. The van der Waals surface area contributed by atoms with Gasteiger partial charge < -0.3 is 9.73 Å². The number of fused-ring (bicyclic) bond motifs is 1. The van der Waals surface area contributed by atoms with Crippen molar-refractivity contribution in [3.63, 3.8) is 0 Å². The van der Waals surface area contributed by atoms with Gasteiger partial charge in [-0.15, -0.1) is 11.3 Å². The molecule has 4 rings (SSSR count). The average Bonchev–Trinajstić information content (AvgIpc) is 3.20. The van der Waals surface area contributed by atoms with Gasteiger partial charge in [0.15, 0.2) is 10.0 Å². The summed E-state index contributed by atoms with van der Waals surface area (Å²) in [6, 6.07) is 13.3. The molecule has 0 atom stereocenters. The topological polar surface area (TPSA) is 51.0 Å². The van der Waals surface area contributed by atoms with Gasteiger partial charge in [0.25, 0.3) is 0 Å². The van der Waals surface area contributed by atoms with Gasteiger partial charge in [0, 0.05) is 16.6 Å². The Morgan fingerprint density at radius 3 is 2.79 bits per heavy atom. The third kappa shape index (κ3) is 3.11. The molecule has 0 fully saturated rings. The van der Waals surface area contributed by atoms with E-state index in [0.29, 0.717) is 21.9 Å². The maximum absolute atomic E-state index is 6.28. The van der Waals surface area contributed by atoms with Crippen LogP contribution in [-0.4, -0.2) is 9.97 Å².